The Morgan fingerprint density at radius 2 is 2.11 bits per heavy atom. The van der Waals surface area contributed by atoms with E-state index in [1.54, 1.807) is 6.92 Å². The number of aryl methyl sites for hydroxylation is 1. The lowest BCUT2D eigenvalue weighted by atomic mass is 10.1. The van der Waals surface area contributed by atoms with Crippen LogP contribution < -0.4 is 0 Å². The highest BCUT2D eigenvalue weighted by molar-refractivity contribution is 8.01. The van der Waals surface area contributed by atoms with Gasteiger partial charge < -0.3 is 0 Å². The van der Waals surface area contributed by atoms with Crippen LogP contribution in [0.3, 0.4) is 0 Å². The van der Waals surface area contributed by atoms with Crippen molar-refractivity contribution in [1.82, 2.24) is 9.36 Å². The highest BCUT2D eigenvalue weighted by Crippen LogP contribution is 2.36. The molecule has 0 aliphatic heterocycles. The molecule has 1 aromatic carbocycles. The summed E-state index contributed by atoms with van der Waals surface area (Å²) in [5, 5.41) is 0. The van der Waals surface area contributed by atoms with Crippen LogP contribution in [0.1, 0.15) is 21.7 Å². The first-order valence-corrected chi connectivity index (χ1v) is 6.64. The molecule has 0 radical (unpaired) electrons. The lowest BCUT2D eigenvalue weighted by Gasteiger charge is -2.10. The molecule has 0 atom stereocenters. The van der Waals surface area contributed by atoms with Gasteiger partial charge in [-0.2, -0.15) is 17.5 Å². The smallest absolute Gasteiger partial charge is 0.298 e. The minimum Gasteiger partial charge on any atom is -0.298 e. The van der Waals surface area contributed by atoms with Gasteiger partial charge in [0.1, 0.15) is 5.82 Å². The predicted molar refractivity (Wildman–Crippen MR) is 65.6 cm³/mol. The number of nitrogens with zero attached hydrogens (tertiary/aromatic N) is 2. The first kappa shape index (κ1) is 14.0. The van der Waals surface area contributed by atoms with Crippen LogP contribution in [0.25, 0.3) is 0 Å². The molecule has 1 heterocycles. The van der Waals surface area contributed by atoms with Gasteiger partial charge in [-0.3, -0.25) is 4.79 Å². The third kappa shape index (κ3) is 3.32. The summed E-state index contributed by atoms with van der Waals surface area (Å²) in [7, 11) is 0. The van der Waals surface area contributed by atoms with Crippen molar-refractivity contribution in [1.29, 1.82) is 0 Å². The van der Waals surface area contributed by atoms with Gasteiger partial charge in [-0.05, 0) is 36.7 Å². The highest BCUT2D eigenvalue weighted by atomic mass is 32.2. The van der Waals surface area contributed by atoms with Gasteiger partial charge in [-0.1, -0.05) is 11.8 Å². The van der Waals surface area contributed by atoms with Crippen LogP contribution in [0.4, 0.5) is 13.2 Å². The maximum atomic E-state index is 12.8. The Hall–Kier alpha value is -1.41. The summed E-state index contributed by atoms with van der Waals surface area (Å²) in [6, 6.07) is 3.57. The molecule has 8 heteroatoms. The molecule has 100 valence electrons. The quantitative estimate of drug-likeness (QED) is 0.808. The number of aromatic nitrogens is 2. The molecule has 1 aromatic heterocycles. The first-order valence-electron chi connectivity index (χ1n) is 5.05. The Balaban J connectivity index is 2.35. The van der Waals surface area contributed by atoms with E-state index in [1.165, 1.54) is 6.07 Å². The van der Waals surface area contributed by atoms with E-state index in [-0.39, 0.29) is 11.8 Å². The SMILES string of the molecule is Cc1nsc(Sc2ccc(C=O)c(C(F)(F)F)c2)n1. The fraction of sp³-hybridized carbons (Fsp3) is 0.182. The van der Waals surface area contributed by atoms with E-state index >= 15 is 0 Å². The molecule has 0 aliphatic rings. The largest absolute Gasteiger partial charge is 0.417 e. The lowest BCUT2D eigenvalue weighted by molar-refractivity contribution is -0.138. The summed E-state index contributed by atoms with van der Waals surface area (Å²) in [5.41, 5.74) is -1.31. The highest BCUT2D eigenvalue weighted by Gasteiger charge is 2.33. The lowest BCUT2D eigenvalue weighted by Crippen LogP contribution is -2.08. The normalized spacial score (nSPS) is 11.6. The maximum Gasteiger partial charge on any atom is 0.417 e. The Morgan fingerprint density at radius 3 is 2.63 bits per heavy atom. The van der Waals surface area contributed by atoms with Gasteiger partial charge in [0.25, 0.3) is 0 Å². The van der Waals surface area contributed by atoms with Crippen LogP contribution in [-0.4, -0.2) is 15.6 Å². The Labute approximate surface area is 115 Å². The van der Waals surface area contributed by atoms with Crippen molar-refractivity contribution in [2.75, 3.05) is 0 Å². The number of carbonyl (C=O) groups is 1. The number of hydrogen-bond acceptors (Lipinski definition) is 5. The van der Waals surface area contributed by atoms with Gasteiger partial charge in [0.2, 0.25) is 0 Å². The third-order valence-corrected chi connectivity index (χ3v) is 4.00. The van der Waals surface area contributed by atoms with Crippen molar-refractivity contribution < 1.29 is 18.0 Å². The molecule has 0 amide bonds. The zero-order valence-electron chi connectivity index (χ0n) is 9.56. The van der Waals surface area contributed by atoms with Crippen molar-refractivity contribution in [3.63, 3.8) is 0 Å². The van der Waals surface area contributed by atoms with E-state index in [0.717, 1.165) is 35.4 Å². The Morgan fingerprint density at radius 1 is 1.37 bits per heavy atom. The van der Waals surface area contributed by atoms with Crippen LogP contribution >= 0.6 is 23.3 Å². The van der Waals surface area contributed by atoms with E-state index in [9.17, 15) is 18.0 Å². The monoisotopic (exact) mass is 304 g/mol. The fourth-order valence-electron chi connectivity index (χ4n) is 1.37. The third-order valence-electron chi connectivity index (χ3n) is 2.17. The number of aldehydes is 1. The van der Waals surface area contributed by atoms with Gasteiger partial charge in [-0.15, -0.1) is 0 Å². The van der Waals surface area contributed by atoms with Crippen molar-refractivity contribution in [2.45, 2.75) is 22.3 Å². The predicted octanol–water partition coefficient (Wildman–Crippen LogP) is 3.83. The summed E-state index contributed by atoms with van der Waals surface area (Å²) in [6.07, 6.45) is -4.35. The molecule has 0 N–H and O–H groups in total. The van der Waals surface area contributed by atoms with Gasteiger partial charge >= 0.3 is 6.18 Å². The van der Waals surface area contributed by atoms with E-state index < -0.39 is 11.7 Å². The summed E-state index contributed by atoms with van der Waals surface area (Å²) >= 11 is 2.21. The van der Waals surface area contributed by atoms with Crippen molar-refractivity contribution in [2.24, 2.45) is 0 Å². The zero-order chi connectivity index (χ0) is 14.0. The molecule has 0 spiro atoms. The van der Waals surface area contributed by atoms with Gasteiger partial charge in [-0.25, -0.2) is 4.98 Å². The van der Waals surface area contributed by atoms with E-state index in [0.29, 0.717) is 15.1 Å². The van der Waals surface area contributed by atoms with Gasteiger partial charge in [0.05, 0.1) is 5.56 Å². The van der Waals surface area contributed by atoms with Crippen LogP contribution in [-0.2, 0) is 6.18 Å². The number of hydrogen-bond donors (Lipinski definition) is 0. The molecule has 19 heavy (non-hydrogen) atoms. The van der Waals surface area contributed by atoms with Crippen LogP contribution in [0.5, 0.6) is 0 Å². The Kier molecular flexibility index (Phi) is 3.91. The molecule has 0 unspecified atom stereocenters. The molecule has 2 aromatic rings. The standard InChI is InChI=1S/C11H7F3N2OS2/c1-6-15-10(19-16-6)18-8-3-2-7(5-17)9(4-8)11(12,13)14/h2-5H,1H3. The van der Waals surface area contributed by atoms with Crippen LogP contribution in [0, 0.1) is 6.92 Å². The van der Waals surface area contributed by atoms with Crippen molar-refractivity contribution in [3.05, 3.63) is 35.2 Å². The molecule has 2 rings (SSSR count). The second kappa shape index (κ2) is 5.30. The second-order valence-electron chi connectivity index (χ2n) is 3.57. The molecule has 0 fully saturated rings. The maximum absolute atomic E-state index is 12.8. The van der Waals surface area contributed by atoms with Crippen LogP contribution in [0.15, 0.2) is 27.4 Å². The zero-order valence-corrected chi connectivity index (χ0v) is 11.2. The van der Waals surface area contributed by atoms with Gasteiger partial charge in [0.15, 0.2) is 10.6 Å². The van der Waals surface area contributed by atoms with E-state index in [1.807, 2.05) is 0 Å². The molecule has 0 aliphatic carbocycles. The minimum atomic E-state index is -4.55. The molecule has 0 saturated heterocycles. The molecular weight excluding hydrogens is 297 g/mol. The number of carbonyl (C=O) groups excluding carboxylic acids is 1. The van der Waals surface area contributed by atoms with E-state index in [4.69, 9.17) is 0 Å². The number of rotatable bonds is 3. The molecule has 0 bridgehead atoms. The summed E-state index contributed by atoms with van der Waals surface area (Å²) < 4.78 is 42.8. The van der Waals surface area contributed by atoms with Crippen molar-refractivity contribution >= 4 is 29.6 Å². The van der Waals surface area contributed by atoms with Crippen molar-refractivity contribution in [3.8, 4) is 0 Å². The topological polar surface area (TPSA) is 42.9 Å². The fourth-order valence-corrected chi connectivity index (χ4v) is 3.03. The summed E-state index contributed by atoms with van der Waals surface area (Å²) in [5.74, 6) is 0.577. The molecule has 3 nitrogen and oxygen atoms in total. The first-order chi connectivity index (χ1) is 8.90. The number of benzene rings is 1. The average Bonchev–Trinajstić information content (AvgIpc) is 2.73. The number of alkyl halides is 3. The van der Waals surface area contributed by atoms with Gasteiger partial charge in [0, 0.05) is 10.5 Å². The molecule has 0 saturated carbocycles. The van der Waals surface area contributed by atoms with E-state index in [2.05, 4.69) is 9.36 Å². The van der Waals surface area contributed by atoms with Crippen LogP contribution in [0.2, 0.25) is 0 Å². The summed E-state index contributed by atoms with van der Waals surface area (Å²) in [6.45, 7) is 1.71. The Bertz CT molecular complexity index is 610. The second-order valence-corrected chi connectivity index (χ2v) is 5.65. The number of halogens is 3. The minimum absolute atomic E-state index is 0.201. The molecular formula is C11H7F3N2OS2. The summed E-state index contributed by atoms with van der Waals surface area (Å²) in [4.78, 5) is 15.0. The average molecular weight is 304 g/mol.